The average molecular weight is 319 g/mol. The Kier molecular flexibility index (Phi) is 6.82. The Balaban J connectivity index is 2.40. The zero-order valence-electron chi connectivity index (χ0n) is 14.3. The van der Waals surface area contributed by atoms with E-state index in [0.717, 1.165) is 6.42 Å². The summed E-state index contributed by atoms with van der Waals surface area (Å²) >= 11 is 0. The van der Waals surface area contributed by atoms with Gasteiger partial charge in [0.05, 0.1) is 6.54 Å². The third kappa shape index (κ3) is 6.14. The lowest BCUT2D eigenvalue weighted by Gasteiger charge is -2.23. The number of esters is 1. The predicted molar refractivity (Wildman–Crippen MR) is 89.6 cm³/mol. The van der Waals surface area contributed by atoms with Crippen LogP contribution in [0.3, 0.4) is 0 Å². The quantitative estimate of drug-likeness (QED) is 0.474. The number of nitrogens with one attached hydrogen (secondary N) is 1. The molecule has 23 heavy (non-hydrogen) atoms. The smallest absolute Gasteiger partial charge is 0.412 e. The summed E-state index contributed by atoms with van der Waals surface area (Å²) in [4.78, 5) is 22.8. The molecule has 0 bridgehead atoms. The molecule has 0 aliphatic carbocycles. The number of rotatable bonds is 7. The fourth-order valence-electron chi connectivity index (χ4n) is 1.74. The van der Waals surface area contributed by atoms with E-state index in [4.69, 9.17) is 9.47 Å². The summed E-state index contributed by atoms with van der Waals surface area (Å²) in [5.74, 6) is -0.00798. The molecule has 0 unspecified atom stereocenters. The molecule has 0 spiro atoms. The number of amides is 1. The van der Waals surface area contributed by atoms with Crippen LogP contribution in [0.1, 0.15) is 39.7 Å². The standard InChI is InChI=1S/C18H25NO4/c1-6-18(4,5)14-7-9-15(10-8-14)23-17(21)19-11-12-22-16(20)13(2)3/h7-10H,2,6,11-12H2,1,3-5H3,(H,19,21). The molecule has 0 atom stereocenters. The van der Waals surface area contributed by atoms with Crippen molar-refractivity contribution in [2.24, 2.45) is 0 Å². The lowest BCUT2D eigenvalue weighted by Crippen LogP contribution is -2.30. The topological polar surface area (TPSA) is 64.6 Å². The molecule has 0 aromatic heterocycles. The van der Waals surface area contributed by atoms with Crippen molar-refractivity contribution in [1.82, 2.24) is 5.32 Å². The lowest BCUT2D eigenvalue weighted by molar-refractivity contribution is -0.138. The third-order valence-corrected chi connectivity index (χ3v) is 3.68. The fourth-order valence-corrected chi connectivity index (χ4v) is 1.74. The van der Waals surface area contributed by atoms with Crippen molar-refractivity contribution in [3.05, 3.63) is 42.0 Å². The van der Waals surface area contributed by atoms with Gasteiger partial charge in [-0.15, -0.1) is 0 Å². The van der Waals surface area contributed by atoms with Gasteiger partial charge in [-0.25, -0.2) is 9.59 Å². The van der Waals surface area contributed by atoms with Gasteiger partial charge < -0.3 is 14.8 Å². The minimum absolute atomic E-state index is 0.0738. The van der Waals surface area contributed by atoms with Crippen LogP contribution in [0.4, 0.5) is 4.79 Å². The number of hydrogen-bond donors (Lipinski definition) is 1. The van der Waals surface area contributed by atoms with E-state index in [1.54, 1.807) is 19.1 Å². The zero-order chi connectivity index (χ0) is 17.5. The maximum atomic E-state index is 11.6. The molecule has 0 aliphatic rings. The highest BCUT2D eigenvalue weighted by Crippen LogP contribution is 2.27. The summed E-state index contributed by atoms with van der Waals surface area (Å²) in [5.41, 5.74) is 1.61. The second-order valence-electron chi connectivity index (χ2n) is 5.99. The minimum atomic E-state index is -0.584. The van der Waals surface area contributed by atoms with E-state index in [0.29, 0.717) is 11.3 Å². The number of hydrogen-bond acceptors (Lipinski definition) is 4. The van der Waals surface area contributed by atoms with E-state index in [2.05, 4.69) is 32.7 Å². The van der Waals surface area contributed by atoms with E-state index in [9.17, 15) is 9.59 Å². The zero-order valence-corrected chi connectivity index (χ0v) is 14.3. The summed E-state index contributed by atoms with van der Waals surface area (Å²) < 4.78 is 10.0. The Morgan fingerprint density at radius 3 is 2.35 bits per heavy atom. The van der Waals surface area contributed by atoms with Crippen LogP contribution in [0.2, 0.25) is 0 Å². The summed E-state index contributed by atoms with van der Waals surface area (Å²) in [6, 6.07) is 7.46. The van der Waals surface area contributed by atoms with Crippen LogP contribution in [0.5, 0.6) is 5.75 Å². The van der Waals surface area contributed by atoms with Gasteiger partial charge in [0.1, 0.15) is 12.4 Å². The van der Waals surface area contributed by atoms with Crippen LogP contribution in [-0.4, -0.2) is 25.2 Å². The summed E-state index contributed by atoms with van der Waals surface area (Å²) in [6.45, 7) is 11.8. The summed E-state index contributed by atoms with van der Waals surface area (Å²) in [6.07, 6.45) is 0.440. The monoisotopic (exact) mass is 319 g/mol. The molecule has 126 valence electrons. The van der Waals surface area contributed by atoms with E-state index >= 15 is 0 Å². The Labute approximate surface area is 137 Å². The van der Waals surface area contributed by atoms with Crippen LogP contribution in [0, 0.1) is 0 Å². The molecule has 5 heteroatoms. The molecule has 1 amide bonds. The van der Waals surface area contributed by atoms with E-state index < -0.39 is 12.1 Å². The van der Waals surface area contributed by atoms with Crippen LogP contribution >= 0.6 is 0 Å². The summed E-state index contributed by atoms with van der Waals surface area (Å²) in [5, 5.41) is 2.51. The Bertz CT molecular complexity index is 561. The highest BCUT2D eigenvalue weighted by atomic mass is 16.6. The van der Waals surface area contributed by atoms with E-state index in [1.807, 2.05) is 12.1 Å². The molecule has 0 aliphatic heterocycles. The van der Waals surface area contributed by atoms with Crippen molar-refractivity contribution >= 4 is 12.1 Å². The molecular formula is C18H25NO4. The molecule has 1 N–H and O–H groups in total. The van der Waals surface area contributed by atoms with E-state index in [1.165, 1.54) is 5.56 Å². The highest BCUT2D eigenvalue weighted by Gasteiger charge is 2.17. The predicted octanol–water partition coefficient (Wildman–Crippen LogP) is 3.58. The van der Waals surface area contributed by atoms with Crippen molar-refractivity contribution in [3.63, 3.8) is 0 Å². The van der Waals surface area contributed by atoms with E-state index in [-0.39, 0.29) is 18.6 Å². The molecule has 1 aromatic rings. The third-order valence-electron chi connectivity index (χ3n) is 3.68. The number of ether oxygens (including phenoxy) is 2. The maximum Gasteiger partial charge on any atom is 0.412 e. The van der Waals surface area contributed by atoms with Crippen LogP contribution in [-0.2, 0) is 14.9 Å². The first-order valence-electron chi connectivity index (χ1n) is 7.65. The summed E-state index contributed by atoms with van der Waals surface area (Å²) in [7, 11) is 0. The Hall–Kier alpha value is -2.30. The van der Waals surface area contributed by atoms with Gasteiger partial charge in [-0.05, 0) is 36.5 Å². The molecule has 0 saturated carbocycles. The van der Waals surface area contributed by atoms with Gasteiger partial charge in [-0.1, -0.05) is 39.5 Å². The van der Waals surface area contributed by atoms with Crippen molar-refractivity contribution in [2.75, 3.05) is 13.2 Å². The molecule has 0 heterocycles. The van der Waals surface area contributed by atoms with Gasteiger partial charge in [0.2, 0.25) is 0 Å². The molecule has 5 nitrogen and oxygen atoms in total. The lowest BCUT2D eigenvalue weighted by atomic mass is 9.82. The second-order valence-corrected chi connectivity index (χ2v) is 5.99. The molecule has 0 radical (unpaired) electrons. The van der Waals surface area contributed by atoms with Crippen molar-refractivity contribution in [1.29, 1.82) is 0 Å². The largest absolute Gasteiger partial charge is 0.460 e. The van der Waals surface area contributed by atoms with Crippen molar-refractivity contribution in [2.45, 2.75) is 39.5 Å². The average Bonchev–Trinajstić information content (AvgIpc) is 2.51. The first-order chi connectivity index (χ1) is 10.8. The van der Waals surface area contributed by atoms with Crippen LogP contribution < -0.4 is 10.1 Å². The Morgan fingerprint density at radius 2 is 1.83 bits per heavy atom. The molecular weight excluding hydrogens is 294 g/mol. The number of benzene rings is 1. The van der Waals surface area contributed by atoms with Gasteiger partial charge in [-0.3, -0.25) is 0 Å². The molecule has 1 rings (SSSR count). The normalized spacial score (nSPS) is 10.8. The molecule has 1 aromatic carbocycles. The minimum Gasteiger partial charge on any atom is -0.460 e. The van der Waals surface area contributed by atoms with Crippen LogP contribution in [0.25, 0.3) is 0 Å². The van der Waals surface area contributed by atoms with Gasteiger partial charge in [0.15, 0.2) is 0 Å². The second kappa shape index (κ2) is 8.36. The number of carbonyl (C=O) groups is 2. The van der Waals surface area contributed by atoms with Crippen LogP contribution in [0.15, 0.2) is 36.4 Å². The maximum absolute atomic E-state index is 11.6. The van der Waals surface area contributed by atoms with Crippen molar-refractivity contribution in [3.8, 4) is 5.75 Å². The molecule has 0 saturated heterocycles. The first kappa shape index (κ1) is 18.7. The Morgan fingerprint density at radius 1 is 1.22 bits per heavy atom. The first-order valence-corrected chi connectivity index (χ1v) is 7.65. The van der Waals surface area contributed by atoms with Gasteiger partial charge in [-0.2, -0.15) is 0 Å². The van der Waals surface area contributed by atoms with Gasteiger partial charge in [0.25, 0.3) is 0 Å². The van der Waals surface area contributed by atoms with Crippen molar-refractivity contribution < 1.29 is 19.1 Å². The van der Waals surface area contributed by atoms with Gasteiger partial charge >= 0.3 is 12.1 Å². The number of carbonyl (C=O) groups excluding carboxylic acids is 2. The SMILES string of the molecule is C=C(C)C(=O)OCCNC(=O)Oc1ccc(C(C)(C)CC)cc1. The fraction of sp³-hybridized carbons (Fsp3) is 0.444. The van der Waals surface area contributed by atoms with Gasteiger partial charge in [0, 0.05) is 5.57 Å². The highest BCUT2D eigenvalue weighted by molar-refractivity contribution is 5.86. The molecule has 0 fully saturated rings.